The van der Waals surface area contributed by atoms with Crippen molar-refractivity contribution >= 4 is 28.4 Å². The number of carbonyl (C=O) groups excluding carboxylic acids is 1. The highest BCUT2D eigenvalue weighted by atomic mass is 35.5. The van der Waals surface area contributed by atoms with Crippen LogP contribution in [0.2, 0.25) is 5.02 Å². The number of amides is 1. The van der Waals surface area contributed by atoms with Crippen molar-refractivity contribution in [3.05, 3.63) is 82.9 Å². The molecule has 6 rings (SSSR count). The molecule has 0 saturated carbocycles. The fraction of sp³-hybridized carbons (Fsp3) is 0.267. The number of fused-ring (bicyclic) bond motifs is 2. The third-order valence-corrected chi connectivity index (χ3v) is 7.14. The monoisotopic (exact) mass is 530 g/mol. The maximum Gasteiger partial charge on any atom is 0.252 e. The first-order valence-electron chi connectivity index (χ1n) is 12.6. The summed E-state index contributed by atoms with van der Waals surface area (Å²) < 4.78 is 22.5. The number of hydrogen-bond donors (Lipinski definition) is 0. The molecule has 2 aliphatic rings. The van der Waals surface area contributed by atoms with Gasteiger partial charge in [-0.3, -0.25) is 4.79 Å². The molecule has 2 aliphatic heterocycles. The number of carbonyl (C=O) groups is 1. The molecule has 1 aromatic heterocycles. The molecule has 1 amide bonds. The molecule has 4 aromatic rings. The number of aromatic nitrogens is 1. The zero-order valence-corrected chi connectivity index (χ0v) is 21.7. The second-order valence-corrected chi connectivity index (χ2v) is 9.85. The molecule has 1 fully saturated rings. The van der Waals surface area contributed by atoms with Crippen molar-refractivity contribution in [2.24, 2.45) is 0 Å². The van der Waals surface area contributed by atoms with Gasteiger partial charge in [-0.1, -0.05) is 35.9 Å². The Morgan fingerprint density at radius 1 is 1.05 bits per heavy atom. The first kappa shape index (κ1) is 24.5. The number of ether oxygens (including phenoxy) is 4. The Labute approximate surface area is 225 Å². The van der Waals surface area contributed by atoms with Gasteiger partial charge in [0.05, 0.1) is 18.3 Å². The quantitative estimate of drug-likeness (QED) is 0.292. The van der Waals surface area contributed by atoms with Gasteiger partial charge in [-0.2, -0.15) is 0 Å². The molecule has 7 nitrogen and oxygen atoms in total. The van der Waals surface area contributed by atoms with Gasteiger partial charge in [0.15, 0.2) is 11.5 Å². The van der Waals surface area contributed by atoms with E-state index in [-0.39, 0.29) is 12.7 Å². The van der Waals surface area contributed by atoms with Crippen molar-refractivity contribution < 1.29 is 23.7 Å². The lowest BCUT2D eigenvalue weighted by Gasteiger charge is -2.27. The Hall–Kier alpha value is -3.81. The van der Waals surface area contributed by atoms with Gasteiger partial charge in [-0.05, 0) is 66.4 Å². The summed E-state index contributed by atoms with van der Waals surface area (Å²) in [6, 6.07) is 21.3. The first-order valence-corrected chi connectivity index (χ1v) is 13.0. The molecule has 8 heteroatoms. The van der Waals surface area contributed by atoms with Crippen molar-refractivity contribution in [1.82, 2.24) is 9.88 Å². The molecule has 0 bridgehead atoms. The average Bonchev–Trinajstić information content (AvgIpc) is 3.64. The number of nitrogens with zero attached hydrogens (tertiary/aromatic N) is 2. The summed E-state index contributed by atoms with van der Waals surface area (Å²) in [7, 11) is 1.64. The van der Waals surface area contributed by atoms with Crippen molar-refractivity contribution in [2.75, 3.05) is 20.5 Å². The van der Waals surface area contributed by atoms with E-state index < -0.39 is 6.10 Å². The van der Waals surface area contributed by atoms with Crippen LogP contribution in [-0.4, -0.2) is 42.4 Å². The van der Waals surface area contributed by atoms with Gasteiger partial charge in [0.25, 0.3) is 5.91 Å². The van der Waals surface area contributed by atoms with Crippen LogP contribution in [0.15, 0.2) is 66.7 Å². The van der Waals surface area contributed by atoms with Crippen LogP contribution in [-0.2, 0) is 22.6 Å². The summed E-state index contributed by atoms with van der Waals surface area (Å²) >= 11 is 6.29. The van der Waals surface area contributed by atoms with Gasteiger partial charge >= 0.3 is 0 Å². The van der Waals surface area contributed by atoms with Gasteiger partial charge in [-0.25, -0.2) is 4.98 Å². The number of para-hydroxylation sites is 1. The number of benzene rings is 3. The minimum Gasteiger partial charge on any atom is -0.496 e. The maximum atomic E-state index is 13.7. The molecule has 1 saturated heterocycles. The zero-order valence-electron chi connectivity index (χ0n) is 21.0. The summed E-state index contributed by atoms with van der Waals surface area (Å²) in [5, 5.41) is 1.55. The lowest BCUT2D eigenvalue weighted by atomic mass is 10.0. The Kier molecular flexibility index (Phi) is 6.79. The smallest absolute Gasteiger partial charge is 0.252 e. The number of pyridine rings is 1. The zero-order chi connectivity index (χ0) is 26.1. The van der Waals surface area contributed by atoms with E-state index in [1.54, 1.807) is 7.11 Å². The third kappa shape index (κ3) is 4.87. The van der Waals surface area contributed by atoms with Crippen molar-refractivity contribution in [2.45, 2.75) is 32.0 Å². The maximum absolute atomic E-state index is 13.7. The van der Waals surface area contributed by atoms with Gasteiger partial charge in [0.2, 0.25) is 6.79 Å². The Bertz CT molecular complexity index is 1500. The Balaban J connectivity index is 1.43. The third-order valence-electron chi connectivity index (χ3n) is 6.91. The molecule has 3 aromatic carbocycles. The predicted octanol–water partition coefficient (Wildman–Crippen LogP) is 6.00. The summed E-state index contributed by atoms with van der Waals surface area (Å²) in [5.74, 6) is 2.06. The standard InChI is InChI=1S/C30H27ClN2O5/c1-35-25-6-3-2-5-23(25)29-21(14-20-9-10-22(31)15-24(20)32-29)17-33(30(34)27-7-4-12-36-27)16-19-8-11-26-28(13-19)38-18-37-26/h2-3,5-6,8-11,13-15,27H,4,7,12,16-18H2,1H3/t27-/m1/s1. The van der Waals surface area contributed by atoms with Gasteiger partial charge < -0.3 is 23.8 Å². The highest BCUT2D eigenvalue weighted by molar-refractivity contribution is 6.31. The van der Waals surface area contributed by atoms with Crippen LogP contribution < -0.4 is 14.2 Å². The van der Waals surface area contributed by atoms with Crippen molar-refractivity contribution in [1.29, 1.82) is 0 Å². The number of rotatable bonds is 7. The molecule has 38 heavy (non-hydrogen) atoms. The fourth-order valence-corrected chi connectivity index (χ4v) is 5.20. The van der Waals surface area contributed by atoms with Gasteiger partial charge in [0.1, 0.15) is 11.9 Å². The molecule has 0 unspecified atom stereocenters. The molecular weight excluding hydrogens is 504 g/mol. The van der Waals surface area contributed by atoms with E-state index in [4.69, 9.17) is 35.5 Å². The van der Waals surface area contributed by atoms with Gasteiger partial charge in [0, 0.05) is 35.7 Å². The second kappa shape index (κ2) is 10.5. The van der Waals surface area contributed by atoms with Crippen LogP contribution in [0.1, 0.15) is 24.0 Å². The van der Waals surface area contributed by atoms with E-state index >= 15 is 0 Å². The van der Waals surface area contributed by atoms with Crippen LogP contribution in [0.25, 0.3) is 22.2 Å². The van der Waals surface area contributed by atoms with E-state index in [0.29, 0.717) is 48.4 Å². The molecule has 0 spiro atoms. The summed E-state index contributed by atoms with van der Waals surface area (Å²) in [6.07, 6.45) is 1.13. The summed E-state index contributed by atoms with van der Waals surface area (Å²) in [4.78, 5) is 20.6. The van der Waals surface area contributed by atoms with Crippen LogP contribution in [0, 0.1) is 0 Å². The van der Waals surface area contributed by atoms with Crippen LogP contribution in [0.4, 0.5) is 0 Å². The van der Waals surface area contributed by atoms with Crippen LogP contribution >= 0.6 is 11.6 Å². The van der Waals surface area contributed by atoms with E-state index in [0.717, 1.165) is 39.7 Å². The highest BCUT2D eigenvalue weighted by Crippen LogP contribution is 2.36. The van der Waals surface area contributed by atoms with Crippen LogP contribution in [0.5, 0.6) is 17.2 Å². The fourth-order valence-electron chi connectivity index (χ4n) is 5.03. The molecule has 0 aliphatic carbocycles. The minimum absolute atomic E-state index is 0.0395. The Morgan fingerprint density at radius 3 is 2.76 bits per heavy atom. The summed E-state index contributed by atoms with van der Waals surface area (Å²) in [5.41, 5.74) is 4.21. The van der Waals surface area contributed by atoms with E-state index in [2.05, 4.69) is 6.07 Å². The molecule has 0 N–H and O–H groups in total. The SMILES string of the molecule is COc1ccccc1-c1nc2cc(Cl)ccc2cc1CN(Cc1ccc2c(c1)OCO2)C(=O)[C@H]1CCCO1. The topological polar surface area (TPSA) is 70.1 Å². The second-order valence-electron chi connectivity index (χ2n) is 9.42. The predicted molar refractivity (Wildman–Crippen MR) is 145 cm³/mol. The number of hydrogen-bond acceptors (Lipinski definition) is 6. The number of halogens is 1. The van der Waals surface area contributed by atoms with Crippen molar-refractivity contribution in [3.63, 3.8) is 0 Å². The first-order chi connectivity index (χ1) is 18.6. The van der Waals surface area contributed by atoms with Crippen molar-refractivity contribution in [3.8, 4) is 28.5 Å². The summed E-state index contributed by atoms with van der Waals surface area (Å²) in [6.45, 7) is 1.52. The largest absolute Gasteiger partial charge is 0.496 e. The minimum atomic E-state index is -0.453. The molecular formula is C30H27ClN2O5. The number of methoxy groups -OCH3 is 1. The normalized spacial score (nSPS) is 16.1. The average molecular weight is 531 g/mol. The molecule has 1 atom stereocenters. The molecule has 3 heterocycles. The van der Waals surface area contributed by atoms with E-state index in [1.165, 1.54) is 0 Å². The van der Waals surface area contributed by atoms with Gasteiger partial charge in [-0.15, -0.1) is 0 Å². The Morgan fingerprint density at radius 2 is 1.92 bits per heavy atom. The van der Waals surface area contributed by atoms with Crippen LogP contribution in [0.3, 0.4) is 0 Å². The lowest BCUT2D eigenvalue weighted by molar-refractivity contribution is -0.142. The van der Waals surface area contributed by atoms with E-state index in [9.17, 15) is 4.79 Å². The van der Waals surface area contributed by atoms with E-state index in [1.807, 2.05) is 65.6 Å². The highest BCUT2D eigenvalue weighted by Gasteiger charge is 2.30. The lowest BCUT2D eigenvalue weighted by Crippen LogP contribution is -2.38. The molecule has 194 valence electrons. The molecule has 0 radical (unpaired) electrons.